The molecule has 0 fully saturated rings. The van der Waals surface area contributed by atoms with E-state index < -0.39 is 10.0 Å². The van der Waals surface area contributed by atoms with Gasteiger partial charge < -0.3 is 0 Å². The lowest BCUT2D eigenvalue weighted by atomic mass is 10.1. The lowest BCUT2D eigenvalue weighted by Crippen LogP contribution is -2.11. The van der Waals surface area contributed by atoms with Gasteiger partial charge in [-0.3, -0.25) is 0 Å². The maximum absolute atomic E-state index is 11.1. The van der Waals surface area contributed by atoms with E-state index in [1.807, 2.05) is 24.3 Å². The fourth-order valence-electron chi connectivity index (χ4n) is 1.34. The predicted molar refractivity (Wildman–Crippen MR) is 69.8 cm³/mol. The molecule has 88 valence electrons. The Hall–Kier alpha value is -0.810. The lowest BCUT2D eigenvalue weighted by Gasteiger charge is -2.00. The van der Waals surface area contributed by atoms with E-state index in [2.05, 4.69) is 0 Å². The summed E-state index contributed by atoms with van der Waals surface area (Å²) in [7, 11) is -3.59. The van der Waals surface area contributed by atoms with Gasteiger partial charge in [-0.2, -0.15) is 0 Å². The summed E-state index contributed by atoms with van der Waals surface area (Å²) in [5.74, 6) is 0. The third-order valence-electron chi connectivity index (χ3n) is 2.05. The third-order valence-corrected chi connectivity index (χ3v) is 2.96. The van der Waals surface area contributed by atoms with Gasteiger partial charge in [0.25, 0.3) is 0 Å². The van der Waals surface area contributed by atoms with Gasteiger partial charge in [-0.25, -0.2) is 13.6 Å². The van der Waals surface area contributed by atoms with Crippen molar-refractivity contribution in [1.29, 1.82) is 0 Å². The molecule has 2 aromatic carbocycles. The van der Waals surface area contributed by atoms with Crippen LogP contribution in [0.15, 0.2) is 47.4 Å². The molecule has 0 aliphatic carbocycles. The molecule has 0 amide bonds. The highest BCUT2D eigenvalue weighted by Gasteiger charge is 2.07. The van der Waals surface area contributed by atoms with Crippen molar-refractivity contribution >= 4 is 45.6 Å². The zero-order chi connectivity index (χ0) is 10.2. The molecule has 0 aromatic heterocycles. The average Bonchev–Trinajstić information content (AvgIpc) is 2.16. The Morgan fingerprint density at radius 1 is 0.875 bits per heavy atom. The maximum atomic E-state index is 11.1. The standard InChI is InChI=1S/C10H9NO2S.2ClH/c11-14(12,13)10-6-5-8-3-1-2-4-9(8)7-10;;/h1-7H,(H2,11,12,13);2*1H. The van der Waals surface area contributed by atoms with Crippen molar-refractivity contribution in [3.8, 4) is 0 Å². The van der Waals surface area contributed by atoms with Crippen LogP contribution in [0.4, 0.5) is 0 Å². The first-order valence-corrected chi connectivity index (χ1v) is 5.63. The highest BCUT2D eigenvalue weighted by Crippen LogP contribution is 2.17. The van der Waals surface area contributed by atoms with Gasteiger partial charge in [0.05, 0.1) is 4.90 Å². The smallest absolute Gasteiger partial charge is 0.225 e. The minimum absolute atomic E-state index is 0. The van der Waals surface area contributed by atoms with Crippen molar-refractivity contribution in [3.63, 3.8) is 0 Å². The number of sulfonamides is 1. The SMILES string of the molecule is Cl.Cl.NS(=O)(=O)c1ccc2ccccc2c1. The zero-order valence-corrected chi connectivity index (χ0v) is 10.6. The third kappa shape index (κ3) is 3.09. The molecule has 2 N–H and O–H groups in total. The maximum Gasteiger partial charge on any atom is 0.238 e. The van der Waals surface area contributed by atoms with Crippen LogP contribution in [-0.4, -0.2) is 8.42 Å². The first-order chi connectivity index (χ1) is 6.57. The summed E-state index contributed by atoms with van der Waals surface area (Å²) >= 11 is 0. The highest BCUT2D eigenvalue weighted by molar-refractivity contribution is 7.89. The fourth-order valence-corrected chi connectivity index (χ4v) is 1.89. The van der Waals surface area contributed by atoms with Crippen LogP contribution in [-0.2, 0) is 10.0 Å². The molecule has 0 radical (unpaired) electrons. The Balaban J connectivity index is 0.00000112. The first-order valence-electron chi connectivity index (χ1n) is 4.09. The summed E-state index contributed by atoms with van der Waals surface area (Å²) in [4.78, 5) is 0.149. The van der Waals surface area contributed by atoms with Gasteiger partial charge in [-0.1, -0.05) is 30.3 Å². The van der Waals surface area contributed by atoms with E-state index in [1.165, 1.54) is 6.07 Å². The minimum Gasteiger partial charge on any atom is -0.225 e. The summed E-state index contributed by atoms with van der Waals surface area (Å²) in [6.07, 6.45) is 0. The Bertz CT molecular complexity index is 584. The number of halogens is 2. The number of rotatable bonds is 1. The summed E-state index contributed by atoms with van der Waals surface area (Å²) in [5, 5.41) is 6.89. The Kier molecular flexibility index (Phi) is 5.22. The summed E-state index contributed by atoms with van der Waals surface area (Å²) in [6, 6.07) is 12.4. The molecule has 0 saturated heterocycles. The molecule has 0 atom stereocenters. The molecule has 2 aromatic rings. The minimum atomic E-state index is -3.59. The van der Waals surface area contributed by atoms with Crippen molar-refractivity contribution < 1.29 is 8.42 Å². The number of benzene rings is 2. The molecule has 0 saturated carbocycles. The van der Waals surface area contributed by atoms with Crippen LogP contribution in [0.3, 0.4) is 0 Å². The van der Waals surface area contributed by atoms with Crippen molar-refractivity contribution in [2.75, 3.05) is 0 Å². The van der Waals surface area contributed by atoms with Gasteiger partial charge >= 0.3 is 0 Å². The second kappa shape index (κ2) is 5.50. The van der Waals surface area contributed by atoms with E-state index in [4.69, 9.17) is 5.14 Å². The van der Waals surface area contributed by atoms with Gasteiger partial charge in [-0.15, -0.1) is 24.8 Å². The van der Waals surface area contributed by atoms with Crippen LogP contribution in [0, 0.1) is 0 Å². The zero-order valence-electron chi connectivity index (χ0n) is 8.16. The molecule has 0 aliphatic rings. The highest BCUT2D eigenvalue weighted by atomic mass is 35.5. The van der Waals surface area contributed by atoms with Crippen molar-refractivity contribution in [3.05, 3.63) is 42.5 Å². The van der Waals surface area contributed by atoms with Gasteiger partial charge in [0.15, 0.2) is 0 Å². The first kappa shape index (κ1) is 15.2. The molecular formula is C10H11Cl2NO2S. The van der Waals surface area contributed by atoms with Gasteiger partial charge in [0, 0.05) is 0 Å². The molecule has 0 bridgehead atoms. The van der Waals surface area contributed by atoms with Crippen LogP contribution >= 0.6 is 24.8 Å². The van der Waals surface area contributed by atoms with Crippen LogP contribution in [0.5, 0.6) is 0 Å². The topological polar surface area (TPSA) is 60.2 Å². The van der Waals surface area contributed by atoms with E-state index in [1.54, 1.807) is 12.1 Å². The van der Waals surface area contributed by atoms with E-state index in [0.717, 1.165) is 10.8 Å². The summed E-state index contributed by atoms with van der Waals surface area (Å²) in [6.45, 7) is 0. The lowest BCUT2D eigenvalue weighted by molar-refractivity contribution is 0.598. The van der Waals surface area contributed by atoms with Crippen molar-refractivity contribution in [2.45, 2.75) is 4.90 Å². The van der Waals surface area contributed by atoms with Crippen molar-refractivity contribution in [2.24, 2.45) is 5.14 Å². The van der Waals surface area contributed by atoms with E-state index in [9.17, 15) is 8.42 Å². The van der Waals surface area contributed by atoms with Gasteiger partial charge in [-0.05, 0) is 22.9 Å². The van der Waals surface area contributed by atoms with Crippen LogP contribution in [0.1, 0.15) is 0 Å². The molecule has 0 aliphatic heterocycles. The number of hydrogen-bond donors (Lipinski definition) is 1. The summed E-state index contributed by atoms with van der Waals surface area (Å²) < 4.78 is 22.1. The number of nitrogens with two attached hydrogens (primary N) is 1. The molecular weight excluding hydrogens is 269 g/mol. The van der Waals surface area contributed by atoms with Gasteiger partial charge in [0.1, 0.15) is 0 Å². The van der Waals surface area contributed by atoms with E-state index in [-0.39, 0.29) is 29.7 Å². The van der Waals surface area contributed by atoms with E-state index >= 15 is 0 Å². The number of hydrogen-bond acceptors (Lipinski definition) is 2. The molecule has 0 unspecified atom stereocenters. The molecule has 16 heavy (non-hydrogen) atoms. The van der Waals surface area contributed by atoms with Crippen LogP contribution in [0.2, 0.25) is 0 Å². The molecule has 0 spiro atoms. The summed E-state index contributed by atoms with van der Waals surface area (Å²) in [5.41, 5.74) is 0. The van der Waals surface area contributed by atoms with Crippen LogP contribution in [0.25, 0.3) is 10.8 Å². The number of fused-ring (bicyclic) bond motifs is 1. The van der Waals surface area contributed by atoms with Crippen LogP contribution < -0.4 is 5.14 Å². The second-order valence-electron chi connectivity index (χ2n) is 3.05. The Morgan fingerprint density at radius 3 is 2.00 bits per heavy atom. The fraction of sp³-hybridized carbons (Fsp3) is 0. The average molecular weight is 280 g/mol. The Morgan fingerprint density at radius 2 is 1.44 bits per heavy atom. The molecule has 6 heteroatoms. The quantitative estimate of drug-likeness (QED) is 0.871. The largest absolute Gasteiger partial charge is 0.238 e. The normalized spacial score (nSPS) is 10.3. The van der Waals surface area contributed by atoms with Crippen molar-refractivity contribution in [1.82, 2.24) is 0 Å². The monoisotopic (exact) mass is 279 g/mol. The van der Waals surface area contributed by atoms with Gasteiger partial charge in [0.2, 0.25) is 10.0 Å². The molecule has 0 heterocycles. The van der Waals surface area contributed by atoms with E-state index in [0.29, 0.717) is 0 Å². The Labute approximate surface area is 107 Å². The molecule has 2 rings (SSSR count). The second-order valence-corrected chi connectivity index (χ2v) is 4.62. The predicted octanol–water partition coefficient (Wildman–Crippen LogP) is 2.33. The molecule has 3 nitrogen and oxygen atoms in total. The number of primary sulfonamides is 1.